The van der Waals surface area contributed by atoms with E-state index in [0.717, 1.165) is 0 Å². The molecular formula is C18H20FN3O3. The number of halogens is 1. The van der Waals surface area contributed by atoms with Crippen LogP contribution in [0.4, 0.5) is 4.39 Å². The lowest BCUT2D eigenvalue weighted by molar-refractivity contribution is -0.121. The third-order valence-electron chi connectivity index (χ3n) is 3.30. The Morgan fingerprint density at radius 1 is 1.20 bits per heavy atom. The zero-order valence-electron chi connectivity index (χ0n) is 13.9. The fourth-order valence-corrected chi connectivity index (χ4v) is 2.03. The maximum absolute atomic E-state index is 12.8. The number of carbonyl (C=O) groups is 2. The van der Waals surface area contributed by atoms with Gasteiger partial charge in [-0.05, 0) is 43.3 Å². The van der Waals surface area contributed by atoms with Crippen LogP contribution in [0.15, 0.2) is 48.8 Å². The summed E-state index contributed by atoms with van der Waals surface area (Å²) in [5.41, 5.74) is 0.348. The molecule has 0 fully saturated rings. The minimum Gasteiger partial charge on any atom is -0.487 e. The van der Waals surface area contributed by atoms with E-state index in [-0.39, 0.29) is 30.9 Å². The number of rotatable bonds is 8. The highest BCUT2D eigenvalue weighted by atomic mass is 19.1. The fourth-order valence-electron chi connectivity index (χ4n) is 2.03. The van der Waals surface area contributed by atoms with Crippen LogP contribution in [0.1, 0.15) is 23.7 Å². The van der Waals surface area contributed by atoms with E-state index in [1.54, 1.807) is 24.5 Å². The second-order valence-corrected chi connectivity index (χ2v) is 5.43. The molecule has 1 aromatic carbocycles. The molecule has 132 valence electrons. The third kappa shape index (κ3) is 6.58. The molecule has 2 amide bonds. The first kappa shape index (κ1) is 18.4. The lowest BCUT2D eigenvalue weighted by Crippen LogP contribution is -2.35. The highest BCUT2D eigenvalue weighted by molar-refractivity contribution is 5.94. The predicted octanol–water partition coefficient (Wildman–Crippen LogP) is 1.92. The Balaban J connectivity index is 1.63. The number of hydrogen-bond donors (Lipinski definition) is 2. The molecule has 2 rings (SSSR count). The molecule has 25 heavy (non-hydrogen) atoms. The van der Waals surface area contributed by atoms with Crippen molar-refractivity contribution >= 4 is 11.8 Å². The van der Waals surface area contributed by atoms with Crippen molar-refractivity contribution in [2.75, 3.05) is 13.1 Å². The molecule has 7 heteroatoms. The van der Waals surface area contributed by atoms with Gasteiger partial charge in [0, 0.05) is 24.7 Å². The molecule has 1 unspecified atom stereocenters. The average Bonchev–Trinajstić information content (AvgIpc) is 2.61. The maximum Gasteiger partial charge on any atom is 0.251 e. The van der Waals surface area contributed by atoms with Crippen LogP contribution >= 0.6 is 0 Å². The number of aromatic nitrogens is 1. The molecule has 0 aliphatic carbocycles. The summed E-state index contributed by atoms with van der Waals surface area (Å²) in [4.78, 5) is 27.5. The molecule has 1 atom stereocenters. The van der Waals surface area contributed by atoms with E-state index in [9.17, 15) is 14.0 Å². The number of ether oxygens (including phenoxy) is 1. The van der Waals surface area contributed by atoms with Crippen LogP contribution in [-0.2, 0) is 4.79 Å². The van der Waals surface area contributed by atoms with Crippen molar-refractivity contribution in [3.05, 3.63) is 60.2 Å². The van der Waals surface area contributed by atoms with Crippen LogP contribution in [0.2, 0.25) is 0 Å². The van der Waals surface area contributed by atoms with E-state index in [1.165, 1.54) is 24.3 Å². The molecule has 0 spiro atoms. The van der Waals surface area contributed by atoms with Crippen molar-refractivity contribution in [2.45, 2.75) is 19.4 Å². The molecule has 0 bridgehead atoms. The topological polar surface area (TPSA) is 80.3 Å². The van der Waals surface area contributed by atoms with E-state index in [2.05, 4.69) is 15.6 Å². The van der Waals surface area contributed by atoms with Crippen LogP contribution in [0, 0.1) is 5.82 Å². The lowest BCUT2D eigenvalue weighted by Gasteiger charge is -2.15. The largest absolute Gasteiger partial charge is 0.487 e. The van der Waals surface area contributed by atoms with E-state index >= 15 is 0 Å². The predicted molar refractivity (Wildman–Crippen MR) is 90.7 cm³/mol. The van der Waals surface area contributed by atoms with Gasteiger partial charge in [0.05, 0.1) is 12.7 Å². The molecule has 0 radical (unpaired) electrons. The van der Waals surface area contributed by atoms with Gasteiger partial charge in [0.2, 0.25) is 5.91 Å². The highest BCUT2D eigenvalue weighted by Crippen LogP contribution is 2.08. The van der Waals surface area contributed by atoms with E-state index < -0.39 is 5.82 Å². The molecule has 0 saturated carbocycles. The summed E-state index contributed by atoms with van der Waals surface area (Å²) in [7, 11) is 0. The van der Waals surface area contributed by atoms with Gasteiger partial charge in [0.25, 0.3) is 5.91 Å². The van der Waals surface area contributed by atoms with E-state index in [1.807, 2.05) is 6.92 Å². The molecule has 0 saturated heterocycles. The fraction of sp³-hybridized carbons (Fsp3) is 0.278. The van der Waals surface area contributed by atoms with Gasteiger partial charge in [-0.2, -0.15) is 0 Å². The number of nitrogens with one attached hydrogen (secondary N) is 2. The zero-order chi connectivity index (χ0) is 18.1. The van der Waals surface area contributed by atoms with Crippen molar-refractivity contribution in [2.24, 2.45) is 0 Å². The summed E-state index contributed by atoms with van der Waals surface area (Å²) >= 11 is 0. The van der Waals surface area contributed by atoms with E-state index in [0.29, 0.717) is 17.9 Å². The van der Waals surface area contributed by atoms with Gasteiger partial charge in [-0.3, -0.25) is 14.6 Å². The summed E-state index contributed by atoms with van der Waals surface area (Å²) in [6.45, 7) is 2.38. The van der Waals surface area contributed by atoms with Crippen molar-refractivity contribution in [1.29, 1.82) is 0 Å². The molecular weight excluding hydrogens is 325 g/mol. The Kier molecular flexibility index (Phi) is 6.88. The first-order valence-electron chi connectivity index (χ1n) is 7.92. The quantitative estimate of drug-likeness (QED) is 0.766. The maximum atomic E-state index is 12.8. The Labute approximate surface area is 145 Å². The van der Waals surface area contributed by atoms with Gasteiger partial charge in [0.15, 0.2) is 0 Å². The van der Waals surface area contributed by atoms with Crippen molar-refractivity contribution in [1.82, 2.24) is 15.6 Å². The summed E-state index contributed by atoms with van der Waals surface area (Å²) < 4.78 is 18.4. The van der Waals surface area contributed by atoms with Gasteiger partial charge in [0.1, 0.15) is 17.7 Å². The monoisotopic (exact) mass is 345 g/mol. The van der Waals surface area contributed by atoms with Crippen molar-refractivity contribution in [3.63, 3.8) is 0 Å². The number of amides is 2. The van der Waals surface area contributed by atoms with Crippen LogP contribution in [0.3, 0.4) is 0 Å². The lowest BCUT2D eigenvalue weighted by atomic mass is 10.2. The summed E-state index contributed by atoms with van der Waals surface area (Å²) in [6, 6.07) is 8.77. The SMILES string of the molecule is CC(CNC(=O)CCNC(=O)c1ccc(F)cc1)Oc1cccnc1. The number of benzene rings is 1. The van der Waals surface area contributed by atoms with Crippen LogP contribution < -0.4 is 15.4 Å². The molecule has 0 aliphatic rings. The van der Waals surface area contributed by atoms with Crippen LogP contribution in [0.25, 0.3) is 0 Å². The van der Waals surface area contributed by atoms with Crippen molar-refractivity contribution < 1.29 is 18.7 Å². The minimum absolute atomic E-state index is 0.145. The summed E-state index contributed by atoms with van der Waals surface area (Å²) in [5.74, 6) is -0.309. The first-order valence-corrected chi connectivity index (χ1v) is 7.92. The smallest absolute Gasteiger partial charge is 0.251 e. The Bertz CT molecular complexity index is 692. The first-order chi connectivity index (χ1) is 12.0. The van der Waals surface area contributed by atoms with Gasteiger partial charge >= 0.3 is 0 Å². The number of carbonyl (C=O) groups excluding carboxylic acids is 2. The van der Waals surface area contributed by atoms with Gasteiger partial charge < -0.3 is 15.4 Å². The Hall–Kier alpha value is -2.96. The van der Waals surface area contributed by atoms with Crippen LogP contribution in [0.5, 0.6) is 5.75 Å². The molecule has 6 nitrogen and oxygen atoms in total. The standard InChI is InChI=1S/C18H20FN3O3/c1-13(25-16-3-2-9-20-12-16)11-22-17(23)8-10-21-18(24)14-4-6-15(19)7-5-14/h2-7,9,12-13H,8,10-11H2,1H3,(H,21,24)(H,22,23). The molecule has 2 aromatic rings. The minimum atomic E-state index is -0.404. The zero-order valence-corrected chi connectivity index (χ0v) is 13.9. The molecule has 1 aromatic heterocycles. The highest BCUT2D eigenvalue weighted by Gasteiger charge is 2.09. The van der Waals surface area contributed by atoms with Gasteiger partial charge in [-0.15, -0.1) is 0 Å². The number of pyridine rings is 1. The van der Waals surface area contributed by atoms with Gasteiger partial charge in [-0.1, -0.05) is 0 Å². The van der Waals surface area contributed by atoms with Crippen molar-refractivity contribution in [3.8, 4) is 5.75 Å². The summed E-state index contributed by atoms with van der Waals surface area (Å²) in [5, 5.41) is 5.35. The normalized spacial score (nSPS) is 11.4. The Morgan fingerprint density at radius 3 is 2.64 bits per heavy atom. The van der Waals surface area contributed by atoms with Gasteiger partial charge in [-0.25, -0.2) is 4.39 Å². The third-order valence-corrected chi connectivity index (χ3v) is 3.30. The number of nitrogens with zero attached hydrogens (tertiary/aromatic N) is 1. The molecule has 1 heterocycles. The molecule has 2 N–H and O–H groups in total. The van der Waals surface area contributed by atoms with E-state index in [4.69, 9.17) is 4.74 Å². The second-order valence-electron chi connectivity index (χ2n) is 5.43. The molecule has 0 aliphatic heterocycles. The number of hydrogen-bond acceptors (Lipinski definition) is 4. The van der Waals surface area contributed by atoms with Crippen LogP contribution in [-0.4, -0.2) is 36.0 Å². The Morgan fingerprint density at radius 2 is 1.96 bits per heavy atom. The summed E-state index contributed by atoms with van der Waals surface area (Å²) in [6.07, 6.45) is 3.19. The average molecular weight is 345 g/mol. The second kappa shape index (κ2) is 9.36.